The molecule has 7 heteroatoms. The first-order chi connectivity index (χ1) is 9.08. The van der Waals surface area contributed by atoms with Crippen molar-refractivity contribution in [3.8, 4) is 0 Å². The van der Waals surface area contributed by atoms with E-state index in [1.165, 1.54) is 12.6 Å². The van der Waals surface area contributed by atoms with Crippen LogP contribution in [0.25, 0.3) is 0 Å². The SMILES string of the molecule is CN(C(=O)c1cn(CC(=O)O)nn1)C1CCCCC1. The Morgan fingerprint density at radius 1 is 1.42 bits per heavy atom. The number of rotatable bonds is 4. The van der Waals surface area contributed by atoms with E-state index >= 15 is 0 Å². The summed E-state index contributed by atoms with van der Waals surface area (Å²) in [6.45, 7) is -0.284. The van der Waals surface area contributed by atoms with Gasteiger partial charge >= 0.3 is 5.97 Å². The van der Waals surface area contributed by atoms with Crippen LogP contribution in [0.15, 0.2) is 6.20 Å². The highest BCUT2D eigenvalue weighted by Crippen LogP contribution is 2.22. The molecule has 104 valence electrons. The molecule has 7 nitrogen and oxygen atoms in total. The quantitative estimate of drug-likeness (QED) is 0.869. The summed E-state index contributed by atoms with van der Waals surface area (Å²) in [5.74, 6) is -1.20. The smallest absolute Gasteiger partial charge is 0.325 e. The fourth-order valence-electron chi connectivity index (χ4n) is 2.43. The van der Waals surface area contributed by atoms with Crippen molar-refractivity contribution in [2.75, 3.05) is 7.05 Å². The molecule has 0 unspecified atom stereocenters. The topological polar surface area (TPSA) is 88.3 Å². The van der Waals surface area contributed by atoms with Gasteiger partial charge in [0.1, 0.15) is 6.54 Å². The number of carboxylic acid groups (broad SMARTS) is 1. The molecular formula is C12H18N4O3. The number of amides is 1. The van der Waals surface area contributed by atoms with Crippen LogP contribution in [0, 0.1) is 0 Å². The molecule has 1 fully saturated rings. The number of carboxylic acids is 1. The lowest BCUT2D eigenvalue weighted by Crippen LogP contribution is -2.38. The van der Waals surface area contributed by atoms with Crippen LogP contribution in [-0.2, 0) is 11.3 Å². The molecule has 1 heterocycles. The molecule has 0 saturated heterocycles. The van der Waals surface area contributed by atoms with E-state index in [4.69, 9.17) is 5.11 Å². The van der Waals surface area contributed by atoms with Gasteiger partial charge in [-0.2, -0.15) is 0 Å². The highest BCUT2D eigenvalue weighted by Gasteiger charge is 2.24. The number of hydrogen-bond acceptors (Lipinski definition) is 4. The van der Waals surface area contributed by atoms with Crippen LogP contribution in [0.1, 0.15) is 42.6 Å². The Kier molecular flexibility index (Phi) is 4.13. The van der Waals surface area contributed by atoms with Crippen LogP contribution in [0.3, 0.4) is 0 Å². The lowest BCUT2D eigenvalue weighted by molar-refractivity contribution is -0.137. The van der Waals surface area contributed by atoms with Crippen LogP contribution < -0.4 is 0 Å². The molecule has 2 rings (SSSR count). The van der Waals surface area contributed by atoms with Gasteiger partial charge in [0.15, 0.2) is 5.69 Å². The molecular weight excluding hydrogens is 248 g/mol. The third-order valence-corrected chi connectivity index (χ3v) is 3.50. The summed E-state index contributed by atoms with van der Waals surface area (Å²) < 4.78 is 1.16. The van der Waals surface area contributed by atoms with Gasteiger partial charge in [0.2, 0.25) is 0 Å². The molecule has 1 aromatic heterocycles. The van der Waals surface area contributed by atoms with E-state index in [1.54, 1.807) is 11.9 Å². The monoisotopic (exact) mass is 266 g/mol. The summed E-state index contributed by atoms with van der Waals surface area (Å²) in [6.07, 6.45) is 6.95. The van der Waals surface area contributed by atoms with Gasteiger partial charge < -0.3 is 10.0 Å². The second kappa shape index (κ2) is 5.81. The minimum Gasteiger partial charge on any atom is -0.480 e. The van der Waals surface area contributed by atoms with Gasteiger partial charge in [-0.1, -0.05) is 24.5 Å². The number of aliphatic carboxylic acids is 1. The Labute approximate surface area is 111 Å². The summed E-state index contributed by atoms with van der Waals surface area (Å²) in [7, 11) is 1.77. The van der Waals surface area contributed by atoms with Gasteiger partial charge in [0.25, 0.3) is 5.91 Å². The molecule has 0 aliphatic heterocycles. The second-order valence-electron chi connectivity index (χ2n) is 4.90. The second-order valence-corrected chi connectivity index (χ2v) is 4.90. The van der Waals surface area contributed by atoms with Crippen LogP contribution in [0.4, 0.5) is 0 Å². The summed E-state index contributed by atoms with van der Waals surface area (Å²) in [5.41, 5.74) is 0.203. The van der Waals surface area contributed by atoms with E-state index in [-0.39, 0.29) is 24.2 Å². The molecule has 0 bridgehead atoms. The average Bonchev–Trinajstić information content (AvgIpc) is 2.85. The van der Waals surface area contributed by atoms with Crippen LogP contribution in [0.5, 0.6) is 0 Å². The van der Waals surface area contributed by atoms with Crippen molar-refractivity contribution in [3.05, 3.63) is 11.9 Å². The van der Waals surface area contributed by atoms with Crippen LogP contribution in [-0.4, -0.2) is 50.0 Å². The third kappa shape index (κ3) is 3.30. The zero-order valence-electron chi connectivity index (χ0n) is 10.9. The Morgan fingerprint density at radius 3 is 2.74 bits per heavy atom. The zero-order valence-corrected chi connectivity index (χ0v) is 10.9. The van der Waals surface area contributed by atoms with Gasteiger partial charge in [0.05, 0.1) is 6.20 Å². The van der Waals surface area contributed by atoms with Gasteiger partial charge in [-0.15, -0.1) is 5.10 Å². The van der Waals surface area contributed by atoms with E-state index in [9.17, 15) is 9.59 Å². The van der Waals surface area contributed by atoms with Crippen molar-refractivity contribution in [2.45, 2.75) is 44.7 Å². The largest absolute Gasteiger partial charge is 0.480 e. The minimum atomic E-state index is -1.01. The predicted molar refractivity (Wildman–Crippen MR) is 66.6 cm³/mol. The van der Waals surface area contributed by atoms with Crippen molar-refractivity contribution in [1.82, 2.24) is 19.9 Å². The number of aromatic nitrogens is 3. The van der Waals surface area contributed by atoms with Crippen molar-refractivity contribution < 1.29 is 14.7 Å². The van der Waals surface area contributed by atoms with Crippen molar-refractivity contribution in [2.24, 2.45) is 0 Å². The molecule has 1 amide bonds. The summed E-state index contributed by atoms with van der Waals surface area (Å²) in [5, 5.41) is 16.0. The number of carbonyl (C=O) groups is 2. The van der Waals surface area contributed by atoms with E-state index in [1.807, 2.05) is 0 Å². The first-order valence-electron chi connectivity index (χ1n) is 6.47. The standard InChI is InChI=1S/C12H18N4O3/c1-15(9-5-3-2-4-6-9)12(19)10-7-16(14-13-10)8-11(17)18/h7,9H,2-6,8H2,1H3,(H,17,18). The molecule has 1 N–H and O–H groups in total. The first kappa shape index (κ1) is 13.5. The molecule has 1 aliphatic carbocycles. The van der Waals surface area contributed by atoms with E-state index in [0.29, 0.717) is 0 Å². The zero-order chi connectivity index (χ0) is 13.8. The summed E-state index contributed by atoms with van der Waals surface area (Å²) in [6, 6.07) is 0.255. The Morgan fingerprint density at radius 2 is 2.11 bits per heavy atom. The first-order valence-corrected chi connectivity index (χ1v) is 6.47. The van der Waals surface area contributed by atoms with Gasteiger partial charge in [0, 0.05) is 13.1 Å². The predicted octanol–water partition coefficient (Wildman–Crippen LogP) is 0.767. The normalized spacial score (nSPS) is 16.3. The maximum Gasteiger partial charge on any atom is 0.325 e. The van der Waals surface area contributed by atoms with Crippen LogP contribution >= 0.6 is 0 Å². The Bertz CT molecular complexity index is 465. The van der Waals surface area contributed by atoms with Gasteiger partial charge in [-0.05, 0) is 12.8 Å². The third-order valence-electron chi connectivity index (χ3n) is 3.50. The molecule has 1 aromatic rings. The van der Waals surface area contributed by atoms with Crippen molar-refractivity contribution >= 4 is 11.9 Å². The molecule has 0 atom stereocenters. The highest BCUT2D eigenvalue weighted by atomic mass is 16.4. The maximum absolute atomic E-state index is 12.2. The lowest BCUT2D eigenvalue weighted by atomic mass is 9.94. The fraction of sp³-hybridized carbons (Fsp3) is 0.667. The van der Waals surface area contributed by atoms with E-state index in [0.717, 1.165) is 30.4 Å². The molecule has 0 aromatic carbocycles. The molecule has 0 radical (unpaired) electrons. The molecule has 19 heavy (non-hydrogen) atoms. The van der Waals surface area contributed by atoms with Crippen molar-refractivity contribution in [1.29, 1.82) is 0 Å². The van der Waals surface area contributed by atoms with Gasteiger partial charge in [-0.3, -0.25) is 9.59 Å². The van der Waals surface area contributed by atoms with E-state index in [2.05, 4.69) is 10.3 Å². The number of nitrogens with zero attached hydrogens (tertiary/aromatic N) is 4. The van der Waals surface area contributed by atoms with E-state index < -0.39 is 5.97 Å². The van der Waals surface area contributed by atoms with Crippen LogP contribution in [0.2, 0.25) is 0 Å². The Balaban J connectivity index is 2.01. The average molecular weight is 266 g/mol. The fourth-order valence-corrected chi connectivity index (χ4v) is 2.43. The molecule has 0 spiro atoms. The minimum absolute atomic E-state index is 0.191. The highest BCUT2D eigenvalue weighted by molar-refractivity contribution is 5.92. The summed E-state index contributed by atoms with van der Waals surface area (Å²) >= 11 is 0. The maximum atomic E-state index is 12.2. The number of hydrogen-bond donors (Lipinski definition) is 1. The molecule has 1 saturated carbocycles. The Hall–Kier alpha value is -1.92. The van der Waals surface area contributed by atoms with Gasteiger partial charge in [-0.25, -0.2) is 4.68 Å². The van der Waals surface area contributed by atoms with Crippen molar-refractivity contribution in [3.63, 3.8) is 0 Å². The molecule has 1 aliphatic rings. The lowest BCUT2D eigenvalue weighted by Gasteiger charge is -2.30. The number of carbonyl (C=O) groups excluding carboxylic acids is 1. The summed E-state index contributed by atoms with van der Waals surface area (Å²) in [4.78, 5) is 24.5.